The van der Waals surface area contributed by atoms with Gasteiger partial charge in [-0.25, -0.2) is 4.39 Å². The number of alkyl halides is 1. The smallest absolute Gasteiger partial charge is 0.133 e. The third-order valence-electron chi connectivity index (χ3n) is 10.3. The Morgan fingerprint density at radius 3 is 1.11 bits per heavy atom. The molecule has 0 aromatic carbocycles. The molecule has 5 heteroatoms. The van der Waals surface area contributed by atoms with Gasteiger partial charge in [0.15, 0.2) is 0 Å². The van der Waals surface area contributed by atoms with Gasteiger partial charge in [0, 0.05) is 75.5 Å². The van der Waals surface area contributed by atoms with E-state index < -0.39 is 5.67 Å². The molecule has 224 valence electrons. The maximum atomic E-state index is 12.8. The van der Waals surface area contributed by atoms with E-state index in [1.54, 1.807) is 6.92 Å². The van der Waals surface area contributed by atoms with Crippen molar-refractivity contribution in [3.05, 3.63) is 0 Å². The van der Waals surface area contributed by atoms with Gasteiger partial charge in [-0.05, 0) is 112 Å². The van der Waals surface area contributed by atoms with Crippen LogP contribution in [0.4, 0.5) is 4.39 Å². The molecule has 2 aliphatic carbocycles. The van der Waals surface area contributed by atoms with E-state index >= 15 is 0 Å². The van der Waals surface area contributed by atoms with E-state index in [-0.39, 0.29) is 0 Å². The lowest BCUT2D eigenvalue weighted by atomic mass is 9.63. The molecule has 6 fully saturated rings. The molecule has 0 aromatic heterocycles. The Hall–Kier alpha value is -0.230. The van der Waals surface area contributed by atoms with Crippen LogP contribution < -0.4 is 0 Å². The number of halogens is 1. The predicted octanol–water partition coefficient (Wildman–Crippen LogP) is 7.08. The molecule has 2 spiro atoms. The maximum absolute atomic E-state index is 12.8. The zero-order valence-corrected chi connectivity index (χ0v) is 27.4. The second-order valence-electron chi connectivity index (χ2n) is 16.0. The molecule has 4 heterocycles. The van der Waals surface area contributed by atoms with E-state index in [1.807, 2.05) is 0 Å². The van der Waals surface area contributed by atoms with Crippen LogP contribution in [0, 0.1) is 10.8 Å². The Morgan fingerprint density at radius 2 is 0.947 bits per heavy atom. The van der Waals surface area contributed by atoms with Gasteiger partial charge in [-0.1, -0.05) is 20.3 Å². The first-order valence-corrected chi connectivity index (χ1v) is 16.2. The highest BCUT2D eigenvalue weighted by atomic mass is 19.1. The van der Waals surface area contributed by atoms with E-state index in [9.17, 15) is 4.39 Å². The summed E-state index contributed by atoms with van der Waals surface area (Å²) in [6.07, 6.45) is 10.4. The maximum Gasteiger partial charge on any atom is 0.133 e. The van der Waals surface area contributed by atoms with Crippen LogP contribution in [0.5, 0.6) is 0 Å². The third kappa shape index (κ3) is 7.95. The minimum Gasteiger partial charge on any atom is -0.300 e. The highest BCUT2D eigenvalue weighted by molar-refractivity contribution is 5.06. The normalized spacial score (nSPS) is 28.4. The number of hydrogen-bond donors (Lipinski definition) is 0. The zero-order valence-electron chi connectivity index (χ0n) is 27.4. The van der Waals surface area contributed by atoms with Crippen molar-refractivity contribution in [1.82, 2.24) is 19.6 Å². The van der Waals surface area contributed by atoms with Crippen molar-refractivity contribution in [1.29, 1.82) is 0 Å². The van der Waals surface area contributed by atoms with Crippen molar-refractivity contribution >= 4 is 0 Å². The summed E-state index contributed by atoms with van der Waals surface area (Å²) in [6, 6.07) is 2.83. The summed E-state index contributed by atoms with van der Waals surface area (Å²) in [5, 5.41) is 0. The van der Waals surface area contributed by atoms with Crippen molar-refractivity contribution < 1.29 is 4.39 Å². The van der Waals surface area contributed by atoms with E-state index in [0.29, 0.717) is 30.1 Å². The van der Waals surface area contributed by atoms with E-state index in [0.717, 1.165) is 23.5 Å². The van der Waals surface area contributed by atoms with Crippen molar-refractivity contribution in [3.8, 4) is 0 Å². The summed E-state index contributed by atoms with van der Waals surface area (Å²) in [6.45, 7) is 32.2. The molecule has 38 heavy (non-hydrogen) atoms. The van der Waals surface area contributed by atoms with E-state index in [4.69, 9.17) is 0 Å². The fourth-order valence-electron chi connectivity index (χ4n) is 7.24. The first-order valence-electron chi connectivity index (χ1n) is 16.2. The molecule has 0 N–H and O–H groups in total. The topological polar surface area (TPSA) is 13.0 Å². The molecule has 0 bridgehead atoms. The molecule has 2 saturated carbocycles. The Bertz CT molecular complexity index is 678. The van der Waals surface area contributed by atoms with Gasteiger partial charge in [-0.3, -0.25) is 19.6 Å². The fraction of sp³-hybridized carbons (Fsp3) is 1.00. The second-order valence-corrected chi connectivity index (χ2v) is 16.0. The summed E-state index contributed by atoms with van der Waals surface area (Å²) in [7, 11) is 0. The minimum absolute atomic E-state index is 0.508. The molecule has 0 amide bonds. The van der Waals surface area contributed by atoms with Crippen LogP contribution in [-0.2, 0) is 0 Å². The summed E-state index contributed by atoms with van der Waals surface area (Å²) < 4.78 is 12.8. The van der Waals surface area contributed by atoms with Crippen LogP contribution in [0.25, 0.3) is 0 Å². The van der Waals surface area contributed by atoms with Crippen molar-refractivity contribution in [2.45, 2.75) is 156 Å². The highest BCUT2D eigenvalue weighted by Crippen LogP contribution is 2.49. The lowest BCUT2D eigenvalue weighted by molar-refractivity contribution is -0.0926. The average molecular weight is 537 g/mol. The molecular formula is C33H65FN4. The molecule has 0 radical (unpaired) electrons. The van der Waals surface area contributed by atoms with Crippen LogP contribution >= 0.6 is 0 Å². The van der Waals surface area contributed by atoms with E-state index in [1.165, 1.54) is 77.7 Å². The van der Waals surface area contributed by atoms with Crippen LogP contribution in [-0.4, -0.2) is 101 Å². The largest absolute Gasteiger partial charge is 0.300 e. The van der Waals surface area contributed by atoms with Gasteiger partial charge >= 0.3 is 0 Å². The SMILES string of the molecule is CC(C)N1CC(C)(C)C1.CC(C)N1CC(C)(F)C1.CC(C)N1CC2(CCC2)C1.CC(C)N1CCC12CCC2. The molecule has 0 unspecified atom stereocenters. The van der Waals surface area contributed by atoms with Gasteiger partial charge in [-0.15, -0.1) is 0 Å². The zero-order chi connectivity index (χ0) is 28.5. The second kappa shape index (κ2) is 12.3. The van der Waals surface area contributed by atoms with Crippen LogP contribution in [0.3, 0.4) is 0 Å². The first kappa shape index (κ1) is 32.3. The van der Waals surface area contributed by atoms with Gasteiger partial charge in [0.2, 0.25) is 0 Å². The highest BCUT2D eigenvalue weighted by Gasteiger charge is 2.49. The molecule has 0 atom stereocenters. The minimum atomic E-state index is -0.899. The lowest BCUT2D eigenvalue weighted by Gasteiger charge is -2.60. The average Bonchev–Trinajstić information content (AvgIpc) is 2.60. The summed E-state index contributed by atoms with van der Waals surface area (Å²) >= 11 is 0. The molecule has 0 aromatic rings. The molecule has 6 rings (SSSR count). The van der Waals surface area contributed by atoms with Gasteiger partial charge in [0.25, 0.3) is 0 Å². The number of rotatable bonds is 4. The molecule has 4 aliphatic heterocycles. The number of likely N-dealkylation sites (tertiary alicyclic amines) is 4. The summed E-state index contributed by atoms with van der Waals surface area (Å²) in [5.74, 6) is 0. The number of nitrogens with zero attached hydrogens (tertiary/aromatic N) is 4. The first-order chi connectivity index (χ1) is 17.5. The van der Waals surface area contributed by atoms with Gasteiger partial charge < -0.3 is 0 Å². The molecular weight excluding hydrogens is 471 g/mol. The quantitative estimate of drug-likeness (QED) is 0.381. The Balaban J connectivity index is 0.000000141. The van der Waals surface area contributed by atoms with Crippen LogP contribution in [0.2, 0.25) is 0 Å². The molecule has 4 nitrogen and oxygen atoms in total. The Labute approximate surface area is 237 Å². The van der Waals surface area contributed by atoms with E-state index in [2.05, 4.69) is 88.8 Å². The van der Waals surface area contributed by atoms with Crippen molar-refractivity contribution in [2.24, 2.45) is 10.8 Å². The van der Waals surface area contributed by atoms with Gasteiger partial charge in [0.05, 0.1) is 0 Å². The van der Waals surface area contributed by atoms with Gasteiger partial charge in [-0.2, -0.15) is 0 Å². The predicted molar refractivity (Wildman–Crippen MR) is 163 cm³/mol. The number of hydrogen-bond acceptors (Lipinski definition) is 4. The fourth-order valence-corrected chi connectivity index (χ4v) is 7.24. The molecule has 4 saturated heterocycles. The van der Waals surface area contributed by atoms with Crippen molar-refractivity contribution in [3.63, 3.8) is 0 Å². The molecule has 6 aliphatic rings. The Morgan fingerprint density at radius 1 is 0.526 bits per heavy atom. The van der Waals surface area contributed by atoms with Crippen LogP contribution in [0.15, 0.2) is 0 Å². The van der Waals surface area contributed by atoms with Gasteiger partial charge in [0.1, 0.15) is 5.67 Å². The Kier molecular flexibility index (Phi) is 10.5. The summed E-state index contributed by atoms with van der Waals surface area (Å²) in [4.78, 5) is 9.88. The van der Waals surface area contributed by atoms with Crippen LogP contribution in [0.1, 0.15) is 121 Å². The monoisotopic (exact) mass is 537 g/mol. The third-order valence-corrected chi connectivity index (χ3v) is 10.3. The summed E-state index contributed by atoms with van der Waals surface area (Å²) in [5.41, 5.74) is 1.24. The van der Waals surface area contributed by atoms with Crippen molar-refractivity contribution in [2.75, 3.05) is 45.8 Å². The lowest BCUT2D eigenvalue weighted by Crippen LogP contribution is -2.65. The standard InChI is InChI=1S/2C9H17N.C8H17N.C7H14FN/c1-8(2)10-6-9(7-10)4-3-5-9;1-8(2)10-7-6-9(10)4-3-5-9;1-7(2)9-5-8(3,4)6-9;1-6(2)9-4-7(3,8)5-9/h2*8H,3-7H2,1-2H3;7H,5-6H2,1-4H3;6H,4-5H2,1-3H3.